The molecule has 1 aliphatic rings. The molecule has 0 spiro atoms. The summed E-state index contributed by atoms with van der Waals surface area (Å²) in [6.45, 7) is 0. The molecule has 0 bridgehead atoms. The van der Waals surface area contributed by atoms with Gasteiger partial charge in [-0.2, -0.15) is 0 Å². The molecule has 4 nitrogen and oxygen atoms in total. The summed E-state index contributed by atoms with van der Waals surface area (Å²) in [4.78, 5) is 0. The predicted octanol–water partition coefficient (Wildman–Crippen LogP) is 5.47. The average molecular weight is 357 g/mol. The first kappa shape index (κ1) is 16.4. The topological polar surface area (TPSA) is 43.9 Å². The molecule has 2 heterocycles. The highest BCUT2D eigenvalue weighted by Crippen LogP contribution is 2.36. The van der Waals surface area contributed by atoms with E-state index in [1.165, 1.54) is 31.4 Å². The zero-order valence-electron chi connectivity index (χ0n) is 13.9. The summed E-state index contributed by atoms with van der Waals surface area (Å²) >= 11 is 1.64. The fourth-order valence-electron chi connectivity index (χ4n) is 3.35. The summed E-state index contributed by atoms with van der Waals surface area (Å²) in [5.74, 6) is 2.09. The molecule has 1 aromatic carbocycles. The van der Waals surface area contributed by atoms with E-state index in [1.807, 2.05) is 24.3 Å². The Hall–Kier alpha value is -2.08. The maximum atomic E-state index is 13.1. The lowest BCUT2D eigenvalue weighted by atomic mass is 9.95. The largest absolute Gasteiger partial charge is 0.461 e. The standard InChI is InChI=1S/C19H20FN3OS/c20-15-10-8-14(9-11-15)13-25-19-22-21-18(17-7-4-12-24-17)23(19)16-5-2-1-3-6-16/h4,7-12,16H,1-3,5-6,13H2. The minimum absolute atomic E-state index is 0.209. The van der Waals surface area contributed by atoms with Gasteiger partial charge in [0.05, 0.1) is 6.26 Å². The van der Waals surface area contributed by atoms with Crippen molar-refractivity contribution in [3.63, 3.8) is 0 Å². The third-order valence-corrected chi connectivity index (χ3v) is 5.64. The van der Waals surface area contributed by atoms with Crippen molar-refractivity contribution < 1.29 is 8.81 Å². The lowest BCUT2D eigenvalue weighted by Crippen LogP contribution is -2.15. The SMILES string of the molecule is Fc1ccc(CSc2nnc(-c3ccco3)n2C2CCCCC2)cc1. The molecule has 2 aromatic heterocycles. The Morgan fingerprint density at radius 2 is 1.88 bits per heavy atom. The van der Waals surface area contributed by atoms with Gasteiger partial charge in [0.1, 0.15) is 5.82 Å². The highest BCUT2D eigenvalue weighted by atomic mass is 32.2. The zero-order valence-corrected chi connectivity index (χ0v) is 14.7. The summed E-state index contributed by atoms with van der Waals surface area (Å²) < 4.78 is 20.9. The summed E-state index contributed by atoms with van der Waals surface area (Å²) in [6.07, 6.45) is 7.74. The molecule has 0 radical (unpaired) electrons. The van der Waals surface area contributed by atoms with Crippen molar-refractivity contribution in [1.29, 1.82) is 0 Å². The van der Waals surface area contributed by atoms with Crippen LogP contribution in [-0.2, 0) is 5.75 Å². The van der Waals surface area contributed by atoms with Crippen molar-refractivity contribution in [2.75, 3.05) is 0 Å². The molecule has 25 heavy (non-hydrogen) atoms. The van der Waals surface area contributed by atoms with Gasteiger partial charge in [-0.15, -0.1) is 10.2 Å². The quantitative estimate of drug-likeness (QED) is 0.568. The van der Waals surface area contributed by atoms with E-state index in [9.17, 15) is 4.39 Å². The number of furan rings is 1. The third-order valence-electron chi connectivity index (χ3n) is 4.63. The maximum Gasteiger partial charge on any atom is 0.200 e. The molecule has 1 saturated carbocycles. The van der Waals surface area contributed by atoms with Crippen LogP contribution in [0.5, 0.6) is 0 Å². The minimum Gasteiger partial charge on any atom is -0.461 e. The van der Waals surface area contributed by atoms with Crippen LogP contribution in [0.2, 0.25) is 0 Å². The van der Waals surface area contributed by atoms with Gasteiger partial charge in [0.15, 0.2) is 10.9 Å². The first-order valence-corrected chi connectivity index (χ1v) is 9.66. The Bertz CT molecular complexity index is 808. The van der Waals surface area contributed by atoms with Crippen LogP contribution in [0, 0.1) is 5.82 Å². The van der Waals surface area contributed by atoms with Gasteiger partial charge >= 0.3 is 0 Å². The van der Waals surface area contributed by atoms with Crippen LogP contribution in [0.25, 0.3) is 11.6 Å². The van der Waals surface area contributed by atoms with Crippen molar-refractivity contribution in [2.24, 2.45) is 0 Å². The van der Waals surface area contributed by atoms with E-state index >= 15 is 0 Å². The van der Waals surface area contributed by atoms with E-state index in [0.29, 0.717) is 6.04 Å². The fourth-order valence-corrected chi connectivity index (χ4v) is 4.31. The Morgan fingerprint density at radius 1 is 1.08 bits per heavy atom. The molecule has 130 valence electrons. The summed E-state index contributed by atoms with van der Waals surface area (Å²) in [5.41, 5.74) is 1.07. The van der Waals surface area contributed by atoms with E-state index in [0.717, 1.165) is 40.9 Å². The number of halogens is 1. The van der Waals surface area contributed by atoms with E-state index in [4.69, 9.17) is 4.42 Å². The number of benzene rings is 1. The van der Waals surface area contributed by atoms with Crippen LogP contribution in [0.4, 0.5) is 4.39 Å². The van der Waals surface area contributed by atoms with Crippen LogP contribution in [-0.4, -0.2) is 14.8 Å². The molecular weight excluding hydrogens is 337 g/mol. The van der Waals surface area contributed by atoms with Crippen molar-refractivity contribution >= 4 is 11.8 Å². The average Bonchev–Trinajstić information content (AvgIpc) is 3.31. The smallest absolute Gasteiger partial charge is 0.200 e. The van der Waals surface area contributed by atoms with Gasteiger partial charge in [0.25, 0.3) is 0 Å². The molecule has 3 aromatic rings. The van der Waals surface area contributed by atoms with Gasteiger partial charge in [-0.3, -0.25) is 4.57 Å². The van der Waals surface area contributed by atoms with Gasteiger partial charge in [-0.1, -0.05) is 43.2 Å². The van der Waals surface area contributed by atoms with Crippen LogP contribution in [0.3, 0.4) is 0 Å². The molecule has 4 rings (SSSR count). The molecule has 1 aliphatic carbocycles. The van der Waals surface area contributed by atoms with Gasteiger partial charge in [0.2, 0.25) is 5.82 Å². The molecule has 0 amide bonds. The Morgan fingerprint density at radius 3 is 2.60 bits per heavy atom. The van der Waals surface area contributed by atoms with Gasteiger partial charge in [-0.25, -0.2) is 4.39 Å². The lowest BCUT2D eigenvalue weighted by Gasteiger charge is -2.25. The maximum absolute atomic E-state index is 13.1. The van der Waals surface area contributed by atoms with Crippen molar-refractivity contribution in [3.8, 4) is 11.6 Å². The molecule has 0 saturated heterocycles. The van der Waals surface area contributed by atoms with E-state index in [1.54, 1.807) is 18.0 Å². The third kappa shape index (κ3) is 3.63. The molecule has 0 N–H and O–H groups in total. The first-order valence-electron chi connectivity index (χ1n) is 8.67. The van der Waals surface area contributed by atoms with Gasteiger partial charge < -0.3 is 4.42 Å². The van der Waals surface area contributed by atoms with E-state index in [-0.39, 0.29) is 5.82 Å². The van der Waals surface area contributed by atoms with Crippen LogP contribution >= 0.6 is 11.8 Å². The number of rotatable bonds is 5. The second kappa shape index (κ2) is 7.44. The predicted molar refractivity (Wildman–Crippen MR) is 95.8 cm³/mol. The molecule has 0 atom stereocenters. The molecular formula is C19H20FN3OS. The normalized spacial score (nSPS) is 15.6. The number of aromatic nitrogens is 3. The van der Waals surface area contributed by atoms with Gasteiger partial charge in [-0.05, 0) is 42.7 Å². The second-order valence-electron chi connectivity index (χ2n) is 6.36. The van der Waals surface area contributed by atoms with Crippen LogP contribution < -0.4 is 0 Å². The number of hydrogen-bond acceptors (Lipinski definition) is 4. The molecule has 0 aliphatic heterocycles. The summed E-state index contributed by atoms with van der Waals surface area (Å²) in [6, 6.07) is 10.8. The summed E-state index contributed by atoms with van der Waals surface area (Å²) in [7, 11) is 0. The second-order valence-corrected chi connectivity index (χ2v) is 7.30. The molecule has 0 unspecified atom stereocenters. The van der Waals surface area contributed by atoms with Gasteiger partial charge in [0, 0.05) is 11.8 Å². The fraction of sp³-hybridized carbons (Fsp3) is 0.368. The number of hydrogen-bond donors (Lipinski definition) is 0. The highest BCUT2D eigenvalue weighted by molar-refractivity contribution is 7.98. The number of thioether (sulfide) groups is 1. The Labute approximate surface area is 150 Å². The Balaban J connectivity index is 1.61. The number of nitrogens with zero attached hydrogens (tertiary/aromatic N) is 3. The zero-order chi connectivity index (χ0) is 17.1. The highest BCUT2D eigenvalue weighted by Gasteiger charge is 2.24. The van der Waals surface area contributed by atoms with Crippen LogP contribution in [0.1, 0.15) is 43.7 Å². The van der Waals surface area contributed by atoms with E-state index < -0.39 is 0 Å². The monoisotopic (exact) mass is 357 g/mol. The first-order chi connectivity index (χ1) is 12.3. The van der Waals surface area contributed by atoms with Crippen molar-refractivity contribution in [1.82, 2.24) is 14.8 Å². The van der Waals surface area contributed by atoms with Crippen molar-refractivity contribution in [2.45, 2.75) is 49.1 Å². The molecule has 6 heteroatoms. The van der Waals surface area contributed by atoms with Crippen LogP contribution in [0.15, 0.2) is 52.2 Å². The van der Waals surface area contributed by atoms with Crippen molar-refractivity contribution in [3.05, 3.63) is 54.0 Å². The molecule has 1 fully saturated rings. The summed E-state index contributed by atoms with van der Waals surface area (Å²) in [5, 5.41) is 9.73. The minimum atomic E-state index is -0.209. The Kier molecular flexibility index (Phi) is 4.88. The lowest BCUT2D eigenvalue weighted by molar-refractivity contribution is 0.337. The van der Waals surface area contributed by atoms with E-state index in [2.05, 4.69) is 14.8 Å².